The zero-order chi connectivity index (χ0) is 21.6. The van der Waals surface area contributed by atoms with Crippen LogP contribution in [-0.2, 0) is 6.54 Å². The van der Waals surface area contributed by atoms with E-state index in [1.165, 1.54) is 7.11 Å². The Kier molecular flexibility index (Phi) is 6.14. The quantitative estimate of drug-likeness (QED) is 0.432. The third-order valence-electron chi connectivity index (χ3n) is 4.60. The van der Waals surface area contributed by atoms with Crippen molar-refractivity contribution in [1.29, 1.82) is 0 Å². The molecule has 2 aromatic heterocycles. The standard InChI is InChI=1S/C23H20ClN5O2/c1-31-21-6-5-18(24)14-20(21)28-23(30)27-19-4-2-3-16(13-19)15-29-12-11-26-22(29)17-7-9-25-10-8-17/h2-14H,15H2,1H3,(H2,27,28,30). The first-order valence-corrected chi connectivity index (χ1v) is 9.92. The number of nitrogens with one attached hydrogen (secondary N) is 2. The molecule has 0 aliphatic rings. The van der Waals surface area contributed by atoms with Crippen LogP contribution in [0, 0.1) is 0 Å². The van der Waals surface area contributed by atoms with E-state index in [1.807, 2.05) is 47.2 Å². The number of pyridine rings is 1. The molecule has 0 bridgehead atoms. The molecule has 8 heteroatoms. The molecule has 2 aromatic carbocycles. The summed E-state index contributed by atoms with van der Waals surface area (Å²) in [7, 11) is 1.53. The van der Waals surface area contributed by atoms with Gasteiger partial charge < -0.3 is 19.9 Å². The predicted molar refractivity (Wildman–Crippen MR) is 122 cm³/mol. The van der Waals surface area contributed by atoms with E-state index >= 15 is 0 Å². The Hall–Kier alpha value is -3.84. The van der Waals surface area contributed by atoms with Crippen LogP contribution < -0.4 is 15.4 Å². The van der Waals surface area contributed by atoms with Gasteiger partial charge in [0, 0.05) is 47.6 Å². The summed E-state index contributed by atoms with van der Waals surface area (Å²) < 4.78 is 7.31. The van der Waals surface area contributed by atoms with Gasteiger partial charge in [0.2, 0.25) is 0 Å². The van der Waals surface area contributed by atoms with Crippen LogP contribution in [0.2, 0.25) is 5.02 Å². The van der Waals surface area contributed by atoms with Crippen molar-refractivity contribution in [2.24, 2.45) is 0 Å². The van der Waals surface area contributed by atoms with Gasteiger partial charge in [0.15, 0.2) is 0 Å². The molecule has 4 rings (SSSR count). The topological polar surface area (TPSA) is 81.1 Å². The molecule has 4 aromatic rings. The van der Waals surface area contributed by atoms with Crippen molar-refractivity contribution in [3.63, 3.8) is 0 Å². The Labute approximate surface area is 184 Å². The zero-order valence-corrected chi connectivity index (χ0v) is 17.5. The summed E-state index contributed by atoms with van der Waals surface area (Å²) in [6, 6.07) is 16.1. The van der Waals surface area contributed by atoms with Gasteiger partial charge in [-0.05, 0) is 48.0 Å². The van der Waals surface area contributed by atoms with Gasteiger partial charge in [-0.25, -0.2) is 9.78 Å². The molecular weight excluding hydrogens is 414 g/mol. The van der Waals surface area contributed by atoms with E-state index < -0.39 is 6.03 Å². The van der Waals surface area contributed by atoms with E-state index in [-0.39, 0.29) is 0 Å². The van der Waals surface area contributed by atoms with E-state index in [4.69, 9.17) is 16.3 Å². The molecule has 0 unspecified atom stereocenters. The van der Waals surface area contributed by atoms with Crippen LogP contribution in [0.25, 0.3) is 11.4 Å². The molecule has 7 nitrogen and oxygen atoms in total. The number of amides is 2. The van der Waals surface area contributed by atoms with E-state index in [1.54, 1.807) is 36.8 Å². The Morgan fingerprint density at radius 3 is 2.71 bits per heavy atom. The average Bonchev–Trinajstić information content (AvgIpc) is 3.23. The van der Waals surface area contributed by atoms with Crippen molar-refractivity contribution in [2.75, 3.05) is 17.7 Å². The largest absolute Gasteiger partial charge is 0.495 e. The second-order valence-corrected chi connectivity index (χ2v) is 7.18. The third kappa shape index (κ3) is 5.02. The SMILES string of the molecule is COc1ccc(Cl)cc1NC(=O)Nc1cccc(Cn2ccnc2-c2ccncc2)c1. The number of aromatic nitrogens is 3. The minimum atomic E-state index is -0.391. The van der Waals surface area contributed by atoms with Crippen LogP contribution in [0.1, 0.15) is 5.56 Å². The summed E-state index contributed by atoms with van der Waals surface area (Å²) in [6.45, 7) is 0.608. The van der Waals surface area contributed by atoms with Crippen LogP contribution >= 0.6 is 11.6 Å². The third-order valence-corrected chi connectivity index (χ3v) is 4.84. The molecule has 31 heavy (non-hydrogen) atoms. The lowest BCUT2D eigenvalue weighted by Gasteiger charge is -2.13. The van der Waals surface area contributed by atoms with E-state index in [9.17, 15) is 4.79 Å². The number of carbonyl (C=O) groups excluding carboxylic acids is 1. The molecule has 0 saturated carbocycles. The van der Waals surface area contributed by atoms with Crippen LogP contribution in [0.3, 0.4) is 0 Å². The van der Waals surface area contributed by atoms with Crippen LogP contribution in [0.5, 0.6) is 5.75 Å². The Balaban J connectivity index is 1.47. The molecule has 156 valence electrons. The Morgan fingerprint density at radius 1 is 1.06 bits per heavy atom. The highest BCUT2D eigenvalue weighted by Gasteiger charge is 2.10. The molecule has 0 aliphatic heterocycles. The second kappa shape index (κ2) is 9.32. The lowest BCUT2D eigenvalue weighted by Crippen LogP contribution is -2.20. The first-order valence-electron chi connectivity index (χ1n) is 9.54. The lowest BCUT2D eigenvalue weighted by atomic mass is 10.2. The van der Waals surface area contributed by atoms with Crippen molar-refractivity contribution in [1.82, 2.24) is 14.5 Å². The highest BCUT2D eigenvalue weighted by molar-refractivity contribution is 6.31. The van der Waals surface area contributed by atoms with Crippen molar-refractivity contribution < 1.29 is 9.53 Å². The maximum absolute atomic E-state index is 12.5. The van der Waals surface area contributed by atoms with Crippen LogP contribution in [0.15, 0.2) is 79.4 Å². The minimum Gasteiger partial charge on any atom is -0.495 e. The maximum Gasteiger partial charge on any atom is 0.323 e. The summed E-state index contributed by atoms with van der Waals surface area (Å²) >= 11 is 6.02. The molecule has 0 fully saturated rings. The molecular formula is C23H20ClN5O2. The fourth-order valence-corrected chi connectivity index (χ4v) is 3.38. The molecule has 0 radical (unpaired) electrons. The van der Waals surface area contributed by atoms with Crippen LogP contribution in [-0.4, -0.2) is 27.7 Å². The smallest absolute Gasteiger partial charge is 0.323 e. The maximum atomic E-state index is 12.5. The van der Waals surface area contributed by atoms with Crippen molar-refractivity contribution >= 4 is 29.0 Å². The van der Waals surface area contributed by atoms with Crippen molar-refractivity contribution in [3.05, 3.63) is 90.0 Å². The fraction of sp³-hybridized carbons (Fsp3) is 0.0870. The molecule has 2 amide bonds. The lowest BCUT2D eigenvalue weighted by molar-refractivity contribution is 0.262. The Morgan fingerprint density at radius 2 is 1.90 bits per heavy atom. The molecule has 2 heterocycles. The molecule has 0 atom stereocenters. The summed E-state index contributed by atoms with van der Waals surface area (Å²) in [4.78, 5) is 21.0. The normalized spacial score (nSPS) is 10.5. The summed E-state index contributed by atoms with van der Waals surface area (Å²) in [5, 5.41) is 6.11. The highest BCUT2D eigenvalue weighted by Crippen LogP contribution is 2.28. The number of nitrogens with zero attached hydrogens (tertiary/aromatic N) is 3. The molecule has 0 saturated heterocycles. The molecule has 2 N–H and O–H groups in total. The Bertz CT molecular complexity index is 1190. The van der Waals surface area contributed by atoms with Gasteiger partial charge in [0.25, 0.3) is 0 Å². The predicted octanol–water partition coefficient (Wildman–Crippen LogP) is 5.30. The number of hydrogen-bond acceptors (Lipinski definition) is 4. The van der Waals surface area contributed by atoms with Gasteiger partial charge in [-0.1, -0.05) is 23.7 Å². The van der Waals surface area contributed by atoms with E-state index in [0.717, 1.165) is 17.0 Å². The fourth-order valence-electron chi connectivity index (χ4n) is 3.20. The first-order chi connectivity index (χ1) is 15.1. The number of halogens is 1. The number of benzene rings is 2. The first kappa shape index (κ1) is 20.4. The number of methoxy groups -OCH3 is 1. The summed E-state index contributed by atoms with van der Waals surface area (Å²) in [6.07, 6.45) is 7.18. The van der Waals surface area contributed by atoms with Crippen molar-refractivity contribution in [2.45, 2.75) is 6.54 Å². The van der Waals surface area contributed by atoms with Crippen LogP contribution in [0.4, 0.5) is 16.2 Å². The number of urea groups is 1. The zero-order valence-electron chi connectivity index (χ0n) is 16.7. The number of imidazole rings is 1. The molecule has 0 spiro atoms. The number of anilines is 2. The van der Waals surface area contributed by atoms with E-state index in [0.29, 0.717) is 28.7 Å². The number of rotatable bonds is 6. The molecule has 0 aliphatic carbocycles. The number of ether oxygens (including phenoxy) is 1. The van der Waals surface area contributed by atoms with Gasteiger partial charge in [-0.2, -0.15) is 0 Å². The summed E-state index contributed by atoms with van der Waals surface area (Å²) in [5.74, 6) is 1.38. The van der Waals surface area contributed by atoms with Gasteiger partial charge in [-0.3, -0.25) is 4.98 Å². The van der Waals surface area contributed by atoms with Gasteiger partial charge in [0.1, 0.15) is 11.6 Å². The van der Waals surface area contributed by atoms with Gasteiger partial charge >= 0.3 is 6.03 Å². The van der Waals surface area contributed by atoms with Crippen molar-refractivity contribution in [3.8, 4) is 17.1 Å². The number of hydrogen-bond donors (Lipinski definition) is 2. The highest BCUT2D eigenvalue weighted by atomic mass is 35.5. The van der Waals surface area contributed by atoms with Gasteiger partial charge in [-0.15, -0.1) is 0 Å². The second-order valence-electron chi connectivity index (χ2n) is 6.74. The minimum absolute atomic E-state index is 0.391. The van der Waals surface area contributed by atoms with Gasteiger partial charge in [0.05, 0.1) is 12.8 Å². The average molecular weight is 434 g/mol. The summed E-state index contributed by atoms with van der Waals surface area (Å²) in [5.41, 5.74) is 3.17. The monoisotopic (exact) mass is 433 g/mol. The van der Waals surface area contributed by atoms with E-state index in [2.05, 4.69) is 20.6 Å². The number of carbonyl (C=O) groups is 1.